The van der Waals surface area contributed by atoms with Crippen LogP contribution in [0.5, 0.6) is 5.75 Å². The quantitative estimate of drug-likeness (QED) is 0.442. The highest BCUT2D eigenvalue weighted by Crippen LogP contribution is 2.43. The number of halogens is 2. The van der Waals surface area contributed by atoms with Crippen LogP contribution in [0.2, 0.25) is 5.02 Å². The van der Waals surface area contributed by atoms with Crippen molar-refractivity contribution in [3.63, 3.8) is 0 Å². The highest BCUT2D eigenvalue weighted by atomic mass is 35.5. The summed E-state index contributed by atoms with van der Waals surface area (Å²) in [7, 11) is 1.46. The Morgan fingerprint density at radius 3 is 2.53 bits per heavy atom. The second-order valence-corrected chi connectivity index (χ2v) is 9.15. The van der Waals surface area contributed by atoms with E-state index in [1.165, 1.54) is 13.2 Å². The third-order valence-corrected chi connectivity index (χ3v) is 6.87. The Kier molecular flexibility index (Phi) is 6.69. The van der Waals surface area contributed by atoms with Crippen LogP contribution in [0.4, 0.5) is 4.39 Å². The van der Waals surface area contributed by atoms with E-state index >= 15 is 0 Å². The number of methoxy groups -OCH3 is 1. The smallest absolute Gasteiger partial charge is 0.163 e. The predicted molar refractivity (Wildman–Crippen MR) is 118 cm³/mol. The van der Waals surface area contributed by atoms with Gasteiger partial charge in [0, 0.05) is 27.4 Å². The lowest BCUT2D eigenvalue weighted by molar-refractivity contribution is -0.250. The van der Waals surface area contributed by atoms with Crippen molar-refractivity contribution in [3.05, 3.63) is 52.9 Å². The fraction of sp³-hybridized carbons (Fsp3) is 0.364. The molecule has 3 aromatic rings. The largest absolute Gasteiger partial charge is 0.497 e. The Labute approximate surface area is 192 Å². The SMILES string of the molecule is COc1ccc(Sc2cn([C@@H]3O[C@H](CO)[C@@H](O)[C@H](O)[C@H]3O)c3cc(C)cc(Cl)c23)c(F)c1. The Balaban J connectivity index is 1.83. The maximum atomic E-state index is 14.6. The van der Waals surface area contributed by atoms with Gasteiger partial charge in [0.25, 0.3) is 0 Å². The maximum absolute atomic E-state index is 14.6. The lowest BCUT2D eigenvalue weighted by atomic mass is 9.98. The molecule has 5 atom stereocenters. The van der Waals surface area contributed by atoms with Gasteiger partial charge in [-0.15, -0.1) is 0 Å². The first-order chi connectivity index (χ1) is 15.2. The first-order valence-corrected chi connectivity index (χ1v) is 11.1. The topological polar surface area (TPSA) is 104 Å². The van der Waals surface area contributed by atoms with Crippen molar-refractivity contribution >= 4 is 34.3 Å². The number of ether oxygens (including phenoxy) is 2. The Morgan fingerprint density at radius 1 is 1.12 bits per heavy atom. The van der Waals surface area contributed by atoms with Gasteiger partial charge in [0.2, 0.25) is 0 Å². The van der Waals surface area contributed by atoms with Crippen LogP contribution in [0.25, 0.3) is 10.9 Å². The molecule has 1 aliphatic heterocycles. The van der Waals surface area contributed by atoms with E-state index in [9.17, 15) is 24.8 Å². The highest BCUT2D eigenvalue weighted by Gasteiger charge is 2.44. The summed E-state index contributed by atoms with van der Waals surface area (Å²) in [6, 6.07) is 8.13. The molecule has 4 N–H and O–H groups in total. The molecule has 0 saturated carbocycles. The van der Waals surface area contributed by atoms with Gasteiger partial charge in [0.15, 0.2) is 6.23 Å². The third kappa shape index (κ3) is 4.10. The van der Waals surface area contributed by atoms with Gasteiger partial charge in [-0.3, -0.25) is 0 Å². The first-order valence-electron chi connectivity index (χ1n) is 9.87. The van der Waals surface area contributed by atoms with Gasteiger partial charge in [-0.25, -0.2) is 4.39 Å². The van der Waals surface area contributed by atoms with Gasteiger partial charge in [-0.1, -0.05) is 23.4 Å². The fourth-order valence-electron chi connectivity index (χ4n) is 3.84. The molecule has 172 valence electrons. The Bertz CT molecular complexity index is 1140. The van der Waals surface area contributed by atoms with Crippen molar-refractivity contribution < 1.29 is 34.3 Å². The highest BCUT2D eigenvalue weighted by molar-refractivity contribution is 7.99. The van der Waals surface area contributed by atoms with E-state index in [1.54, 1.807) is 29.0 Å². The van der Waals surface area contributed by atoms with Crippen LogP contribution in [0.3, 0.4) is 0 Å². The maximum Gasteiger partial charge on any atom is 0.163 e. The van der Waals surface area contributed by atoms with Crippen molar-refractivity contribution in [1.29, 1.82) is 0 Å². The molecule has 4 rings (SSSR count). The number of aliphatic hydroxyl groups excluding tert-OH is 4. The molecule has 1 saturated heterocycles. The van der Waals surface area contributed by atoms with Crippen LogP contribution in [0.15, 0.2) is 46.3 Å². The van der Waals surface area contributed by atoms with Crippen molar-refractivity contribution in [2.24, 2.45) is 0 Å². The monoisotopic (exact) mass is 483 g/mol. The minimum absolute atomic E-state index is 0.343. The molecule has 0 spiro atoms. The molecule has 1 fully saturated rings. The third-order valence-electron chi connectivity index (χ3n) is 5.49. The minimum atomic E-state index is -1.53. The van der Waals surface area contributed by atoms with Crippen LogP contribution in [-0.4, -0.2) is 63.1 Å². The predicted octanol–water partition coefficient (Wildman–Crippen LogP) is 2.87. The summed E-state index contributed by atoms with van der Waals surface area (Å²) in [5.41, 5.74) is 1.44. The van der Waals surface area contributed by atoms with Gasteiger partial charge < -0.3 is 34.5 Å². The summed E-state index contributed by atoms with van der Waals surface area (Å²) in [5, 5.41) is 41.6. The summed E-state index contributed by atoms with van der Waals surface area (Å²) in [6.45, 7) is 1.31. The second-order valence-electron chi connectivity index (χ2n) is 7.66. The number of nitrogens with zero attached hydrogens (tertiary/aromatic N) is 1. The van der Waals surface area contributed by atoms with Crippen LogP contribution < -0.4 is 4.74 Å². The molecular weight excluding hydrogens is 461 g/mol. The van der Waals surface area contributed by atoms with Gasteiger partial charge in [-0.05, 0) is 36.8 Å². The lowest BCUT2D eigenvalue weighted by Crippen LogP contribution is -2.56. The first kappa shape index (κ1) is 23.3. The van der Waals surface area contributed by atoms with Crippen LogP contribution in [-0.2, 0) is 4.74 Å². The molecule has 32 heavy (non-hydrogen) atoms. The van der Waals surface area contributed by atoms with Crippen molar-refractivity contribution in [1.82, 2.24) is 4.57 Å². The second kappa shape index (κ2) is 9.18. The van der Waals surface area contributed by atoms with E-state index in [0.29, 0.717) is 31.5 Å². The summed E-state index contributed by atoms with van der Waals surface area (Å²) in [4.78, 5) is 0.946. The van der Waals surface area contributed by atoms with Crippen LogP contribution in [0.1, 0.15) is 11.8 Å². The summed E-state index contributed by atoms with van der Waals surface area (Å²) < 4.78 is 27.0. The van der Waals surface area contributed by atoms with Gasteiger partial charge >= 0.3 is 0 Å². The molecule has 0 bridgehead atoms. The Hall–Kier alpha value is -1.85. The number of hydrogen-bond donors (Lipinski definition) is 4. The lowest BCUT2D eigenvalue weighted by Gasteiger charge is -2.40. The number of aryl methyl sites for hydroxylation is 1. The van der Waals surface area contributed by atoms with E-state index in [4.69, 9.17) is 21.1 Å². The molecule has 10 heteroatoms. The summed E-state index contributed by atoms with van der Waals surface area (Å²) >= 11 is 7.69. The van der Waals surface area contributed by atoms with Gasteiger partial charge in [0.1, 0.15) is 36.0 Å². The minimum Gasteiger partial charge on any atom is -0.497 e. The van der Waals surface area contributed by atoms with Crippen molar-refractivity contribution in [2.75, 3.05) is 13.7 Å². The van der Waals surface area contributed by atoms with Crippen LogP contribution >= 0.6 is 23.4 Å². The number of aromatic nitrogens is 1. The molecule has 0 amide bonds. The number of fused-ring (bicyclic) bond motifs is 1. The average molecular weight is 484 g/mol. The Morgan fingerprint density at radius 2 is 1.88 bits per heavy atom. The standard InChI is InChI=1S/C22H23ClFNO6S/c1-10-5-12(23)18-14(6-10)25(22-21(29)20(28)19(27)15(9-26)31-22)8-17(18)32-16-4-3-11(30-2)7-13(16)24/h3-8,15,19-22,26-29H,9H2,1-2H3/t15-,19-,20+,21-,22-/m1/s1. The number of benzene rings is 2. The molecule has 2 heterocycles. The zero-order valence-corrected chi connectivity index (χ0v) is 18.8. The molecule has 0 unspecified atom stereocenters. The molecule has 0 radical (unpaired) electrons. The molecule has 0 aliphatic carbocycles. The van der Waals surface area contributed by atoms with E-state index in [-0.39, 0.29) is 0 Å². The summed E-state index contributed by atoms with van der Waals surface area (Å²) in [5.74, 6) is -0.0735. The van der Waals surface area contributed by atoms with E-state index in [2.05, 4.69) is 0 Å². The number of aliphatic hydroxyl groups is 4. The van der Waals surface area contributed by atoms with Crippen molar-refractivity contribution in [2.45, 2.75) is 47.4 Å². The number of rotatable bonds is 5. The molecule has 1 aromatic heterocycles. The molecule has 7 nitrogen and oxygen atoms in total. The van der Waals surface area contributed by atoms with E-state index in [0.717, 1.165) is 17.3 Å². The molecule has 2 aromatic carbocycles. The fourth-order valence-corrected chi connectivity index (χ4v) is 5.28. The zero-order chi connectivity index (χ0) is 23.2. The average Bonchev–Trinajstić information content (AvgIpc) is 3.11. The zero-order valence-electron chi connectivity index (χ0n) is 17.3. The van der Waals surface area contributed by atoms with Crippen molar-refractivity contribution in [3.8, 4) is 5.75 Å². The normalized spacial score (nSPS) is 25.9. The van der Waals surface area contributed by atoms with Crippen LogP contribution in [0, 0.1) is 12.7 Å². The summed E-state index contributed by atoms with van der Waals surface area (Å²) in [6.07, 6.45) is -5.00. The van der Waals surface area contributed by atoms with E-state index < -0.39 is 43.1 Å². The van der Waals surface area contributed by atoms with Gasteiger partial charge in [0.05, 0.1) is 24.3 Å². The van der Waals surface area contributed by atoms with E-state index in [1.807, 2.05) is 13.0 Å². The molecule has 1 aliphatic rings. The van der Waals surface area contributed by atoms with Gasteiger partial charge in [-0.2, -0.15) is 0 Å². The molecular formula is C22H23ClFNO6S. The number of hydrogen-bond acceptors (Lipinski definition) is 7.